The van der Waals surface area contributed by atoms with Gasteiger partial charge in [-0.2, -0.15) is 0 Å². The van der Waals surface area contributed by atoms with E-state index in [2.05, 4.69) is 0 Å². The van der Waals surface area contributed by atoms with Crippen LogP contribution in [-0.2, 0) is 12.9 Å². The molecule has 4 nitrogen and oxygen atoms in total. The van der Waals surface area contributed by atoms with Crippen molar-refractivity contribution >= 4 is 49.5 Å². The number of carboxylic acid groups (broad SMARTS) is 2. The van der Waals surface area contributed by atoms with E-state index >= 15 is 0 Å². The minimum Gasteiger partial charge on any atom is 2.00 e. The van der Waals surface area contributed by atoms with Crippen LogP contribution in [0.5, 0.6) is 0 Å². The summed E-state index contributed by atoms with van der Waals surface area (Å²) in [5, 5.41) is 15.3. The molecule has 10 heavy (non-hydrogen) atoms. The van der Waals surface area contributed by atoms with Gasteiger partial charge in [-0.3, -0.25) is 0 Å². The average Bonchev–Trinajstić information content (AvgIpc) is 1.33. The molecule has 0 aromatic carbocycles. The second-order valence-electron chi connectivity index (χ2n) is 0.314. The van der Waals surface area contributed by atoms with Crippen molar-refractivity contribution in [2.24, 2.45) is 0 Å². The molecule has 0 radical (unpaired) electrons. The van der Waals surface area contributed by atoms with Gasteiger partial charge in [0, 0.05) is 0 Å². The molecule has 0 saturated carbocycles. The third-order valence-corrected chi connectivity index (χ3v) is 0. The van der Waals surface area contributed by atoms with Gasteiger partial charge in [-0.05, 0) is 0 Å². The fourth-order valence-electron chi connectivity index (χ4n) is 0. The van der Waals surface area contributed by atoms with Gasteiger partial charge in [0.2, 0.25) is 6.16 Å². The topological polar surface area (TPSA) is 95.4 Å². The molecule has 63 valence electrons. The third-order valence-electron chi connectivity index (χ3n) is 0. The Kier molecular flexibility index (Phi) is 95.1. The van der Waals surface area contributed by atoms with Crippen LogP contribution in [-0.4, -0.2) is 34.3 Å². The third kappa shape index (κ3) is 349. The van der Waals surface area contributed by atoms with E-state index in [4.69, 9.17) is 35.3 Å². The number of carbonyl (C=O) groups is 1. The summed E-state index contributed by atoms with van der Waals surface area (Å²) in [6, 6.07) is 0. The summed E-state index contributed by atoms with van der Waals surface area (Å²) < 4.78 is 0. The summed E-state index contributed by atoms with van der Waals surface area (Å²) in [5.41, 5.74) is 0. The summed E-state index contributed by atoms with van der Waals surface area (Å²) in [7, 11) is 9.47. The van der Waals surface area contributed by atoms with E-state index in [0.717, 1.165) is 0 Å². The Bertz CT molecular complexity index is 55.0. The Morgan fingerprint density at radius 3 is 1.50 bits per heavy atom. The maximum absolute atomic E-state index is 8.44. The summed E-state index contributed by atoms with van der Waals surface area (Å²) in [6.45, 7) is 0. The second-order valence-corrected chi connectivity index (χ2v) is 2.03. The van der Waals surface area contributed by atoms with Crippen LogP contribution < -0.4 is 23.7 Å². The van der Waals surface area contributed by atoms with Crippen molar-refractivity contribution in [1.82, 2.24) is 6.15 Å². The number of hydrogen-bond acceptors (Lipinski definition) is 3. The van der Waals surface area contributed by atoms with E-state index in [0.29, 0.717) is 12.9 Å². The van der Waals surface area contributed by atoms with Gasteiger partial charge >= 0.3 is 56.2 Å². The van der Waals surface area contributed by atoms with Gasteiger partial charge in [-0.25, -0.2) is 0 Å². The molecule has 0 aromatic heterocycles. The van der Waals surface area contributed by atoms with Crippen molar-refractivity contribution in [1.29, 1.82) is 0 Å². The van der Waals surface area contributed by atoms with Gasteiger partial charge in [-0.15, -0.1) is 0 Å². The molecule has 0 unspecified atom stereocenters. The first-order chi connectivity index (χ1) is 3.15. The fraction of sp³-hybridized carbons (Fsp3) is 0. The summed E-state index contributed by atoms with van der Waals surface area (Å²) >= 11 is 0.382. The van der Waals surface area contributed by atoms with Crippen molar-refractivity contribution < 1.29 is 40.3 Å². The molecule has 0 rings (SSSR count). The maximum atomic E-state index is 8.44. The van der Waals surface area contributed by atoms with Gasteiger partial charge in [0.15, 0.2) is 0 Å². The SMILES string of the molecule is N.O=C([O-])O.[Cl-].[Cl][Co][Cl].[Mg+2]. The number of rotatable bonds is 0. The molecule has 0 atom stereocenters. The Labute approximate surface area is 95.3 Å². The first-order valence-electron chi connectivity index (χ1n) is 0.884. The smallest absolute Gasteiger partial charge is 2.00 e. The second kappa shape index (κ2) is 31.6. The van der Waals surface area contributed by atoms with Gasteiger partial charge < -0.3 is 33.6 Å². The van der Waals surface area contributed by atoms with E-state index in [1.165, 1.54) is 0 Å². The summed E-state index contributed by atoms with van der Waals surface area (Å²) in [6.07, 6.45) is -2.08. The van der Waals surface area contributed by atoms with Crippen LogP contribution in [0.4, 0.5) is 4.79 Å². The molecule has 9 heteroatoms. The van der Waals surface area contributed by atoms with E-state index in [1.54, 1.807) is 0 Å². The van der Waals surface area contributed by atoms with Crippen LogP contribution in [0.3, 0.4) is 0 Å². The molecule has 0 bridgehead atoms. The van der Waals surface area contributed by atoms with Crippen LogP contribution >= 0.6 is 20.3 Å². The van der Waals surface area contributed by atoms with Crippen molar-refractivity contribution in [3.8, 4) is 0 Å². The normalized spacial score (nSPS) is 4.60. The zero-order valence-electron chi connectivity index (χ0n) is 4.65. The predicted octanol–water partition coefficient (Wildman–Crippen LogP) is -2.95. The van der Waals surface area contributed by atoms with Gasteiger partial charge in [0.1, 0.15) is 0 Å². The Balaban J connectivity index is -0.0000000131. The molecule has 0 saturated heterocycles. The molecule has 0 amide bonds. The first kappa shape index (κ1) is 30.1. The molecular formula is CH4Cl3CoMgNO3. The van der Waals surface area contributed by atoms with Crippen LogP contribution in [0.1, 0.15) is 0 Å². The zero-order valence-corrected chi connectivity index (χ0v) is 9.37. The van der Waals surface area contributed by atoms with E-state index in [9.17, 15) is 0 Å². The molecule has 0 fully saturated rings. The number of hydrogen-bond donors (Lipinski definition) is 2. The molecule has 0 spiro atoms. The molecule has 0 aliphatic heterocycles. The van der Waals surface area contributed by atoms with Crippen LogP contribution in [0.2, 0.25) is 0 Å². The summed E-state index contributed by atoms with van der Waals surface area (Å²) in [5.74, 6) is 0. The van der Waals surface area contributed by atoms with Crippen molar-refractivity contribution in [2.75, 3.05) is 0 Å². The molecule has 0 aliphatic rings. The van der Waals surface area contributed by atoms with Gasteiger partial charge in [-0.1, -0.05) is 0 Å². The molecule has 4 N–H and O–H groups in total. The van der Waals surface area contributed by atoms with Crippen LogP contribution in [0.25, 0.3) is 0 Å². The first-order valence-corrected chi connectivity index (χ1v) is 3.75. The van der Waals surface area contributed by atoms with Crippen molar-refractivity contribution in [3.63, 3.8) is 0 Å². The van der Waals surface area contributed by atoms with E-state index in [1.807, 2.05) is 0 Å². The van der Waals surface area contributed by atoms with Crippen LogP contribution in [0.15, 0.2) is 0 Å². The quantitative estimate of drug-likeness (QED) is 0.459. The average molecular weight is 268 g/mol. The molecule has 0 heterocycles. The monoisotopic (exact) mass is 266 g/mol. The minimum absolute atomic E-state index is 0. The Morgan fingerprint density at radius 1 is 1.50 bits per heavy atom. The van der Waals surface area contributed by atoms with Gasteiger partial charge in [0.25, 0.3) is 0 Å². The standard InChI is InChI=1S/CH2O3.3ClH.Co.Mg.H3N/c2-1(3)4;;;;;;/h(H2,2,3,4);3*1H;;;1H3/q;;;;2*+2;/p-4. The fourth-order valence-corrected chi connectivity index (χ4v) is 0. The number of halogens is 3. The van der Waals surface area contributed by atoms with E-state index in [-0.39, 0.29) is 41.6 Å². The van der Waals surface area contributed by atoms with Gasteiger partial charge in [0.05, 0.1) is 0 Å². The largest absolute Gasteiger partial charge is 2.00 e. The maximum Gasteiger partial charge on any atom is 2.00 e. The predicted molar refractivity (Wildman–Crippen MR) is 30.5 cm³/mol. The Hall–Kier alpha value is 1.37. The summed E-state index contributed by atoms with van der Waals surface area (Å²) in [4.78, 5) is 8.44. The molecule has 0 aromatic rings. The molecule has 0 aliphatic carbocycles. The Morgan fingerprint density at radius 2 is 1.50 bits per heavy atom. The van der Waals surface area contributed by atoms with Crippen LogP contribution in [0, 0.1) is 0 Å². The van der Waals surface area contributed by atoms with Crippen molar-refractivity contribution in [3.05, 3.63) is 0 Å². The molecular weight excluding hydrogens is 264 g/mol. The minimum atomic E-state index is -2.08. The van der Waals surface area contributed by atoms with Crippen molar-refractivity contribution in [2.45, 2.75) is 0 Å². The zero-order chi connectivity index (χ0) is 6.28. The van der Waals surface area contributed by atoms with E-state index < -0.39 is 6.16 Å².